The van der Waals surface area contributed by atoms with Crippen molar-refractivity contribution in [2.45, 2.75) is 57.5 Å². The maximum absolute atomic E-state index is 12.2. The van der Waals surface area contributed by atoms with E-state index in [0.29, 0.717) is 45.2 Å². The minimum absolute atomic E-state index is 0.0692. The Balaban J connectivity index is 1.90. The van der Waals surface area contributed by atoms with E-state index in [2.05, 4.69) is 0 Å². The number of nitrogens with zero attached hydrogens (tertiary/aromatic N) is 1. The number of hydrogen-bond donors (Lipinski definition) is 2. The lowest BCUT2D eigenvalue weighted by molar-refractivity contribution is -0.160. The van der Waals surface area contributed by atoms with E-state index in [4.69, 9.17) is 0 Å². The van der Waals surface area contributed by atoms with E-state index in [0.717, 1.165) is 6.42 Å². The second-order valence-electron chi connectivity index (χ2n) is 6.07. The van der Waals surface area contributed by atoms with E-state index in [1.807, 2.05) is 6.92 Å². The summed E-state index contributed by atoms with van der Waals surface area (Å²) in [6.45, 7) is 3.03. The molecule has 0 aromatic rings. The van der Waals surface area contributed by atoms with Gasteiger partial charge in [0.1, 0.15) is 0 Å². The molecule has 108 valence electrons. The monoisotopic (exact) mass is 269 g/mol. The molecule has 5 nitrogen and oxygen atoms in total. The molecule has 5 heteroatoms. The van der Waals surface area contributed by atoms with Crippen LogP contribution in [0.2, 0.25) is 0 Å². The summed E-state index contributed by atoms with van der Waals surface area (Å²) in [5, 5.41) is 19.4. The molecule has 0 unspecified atom stereocenters. The van der Waals surface area contributed by atoms with E-state index < -0.39 is 17.0 Å². The molecular weight excluding hydrogens is 246 g/mol. The van der Waals surface area contributed by atoms with Crippen molar-refractivity contribution in [3.05, 3.63) is 0 Å². The Morgan fingerprint density at radius 2 is 1.74 bits per heavy atom. The van der Waals surface area contributed by atoms with Gasteiger partial charge in [-0.25, -0.2) is 0 Å². The number of carbonyl (C=O) groups excluding carboxylic acids is 1. The lowest BCUT2D eigenvalue weighted by atomic mass is 9.66. The van der Waals surface area contributed by atoms with E-state index in [-0.39, 0.29) is 12.3 Å². The van der Waals surface area contributed by atoms with Gasteiger partial charge in [0.15, 0.2) is 0 Å². The van der Waals surface area contributed by atoms with Gasteiger partial charge in [-0.3, -0.25) is 9.59 Å². The molecule has 2 N–H and O–H groups in total. The Morgan fingerprint density at radius 3 is 2.11 bits per heavy atom. The molecule has 1 aliphatic heterocycles. The molecule has 2 rings (SSSR count). The number of aliphatic hydroxyl groups is 1. The first-order chi connectivity index (χ1) is 8.91. The summed E-state index contributed by atoms with van der Waals surface area (Å²) in [5.41, 5.74) is -1.45. The van der Waals surface area contributed by atoms with Gasteiger partial charge < -0.3 is 15.1 Å². The van der Waals surface area contributed by atoms with Gasteiger partial charge in [-0.1, -0.05) is 13.3 Å². The molecule has 0 aromatic heterocycles. The summed E-state index contributed by atoms with van der Waals surface area (Å²) in [6.07, 6.45) is 4.13. The lowest BCUT2D eigenvalue weighted by Gasteiger charge is -2.41. The molecule has 1 amide bonds. The standard InChI is InChI=1S/C14H23NO4/c1-2-14(19)6-8-15(9-7-14)11(16)10-13(12(17)18)4-3-5-13/h19H,2-10H2,1H3,(H,17,18). The van der Waals surface area contributed by atoms with Crippen LogP contribution in [0, 0.1) is 5.41 Å². The van der Waals surface area contributed by atoms with Crippen molar-refractivity contribution in [1.29, 1.82) is 0 Å². The van der Waals surface area contributed by atoms with E-state index in [1.54, 1.807) is 4.90 Å². The van der Waals surface area contributed by atoms with E-state index >= 15 is 0 Å². The quantitative estimate of drug-likeness (QED) is 0.808. The second-order valence-corrected chi connectivity index (χ2v) is 6.07. The number of carboxylic acids is 1. The Morgan fingerprint density at radius 1 is 1.16 bits per heavy atom. The molecule has 19 heavy (non-hydrogen) atoms. The minimum atomic E-state index is -0.839. The highest BCUT2D eigenvalue weighted by Crippen LogP contribution is 2.44. The fourth-order valence-electron chi connectivity index (χ4n) is 3.00. The van der Waals surface area contributed by atoms with Crippen LogP contribution in [0.1, 0.15) is 51.9 Å². The van der Waals surface area contributed by atoms with E-state index in [1.165, 1.54) is 0 Å². The fraction of sp³-hybridized carbons (Fsp3) is 0.857. The average Bonchev–Trinajstić information content (AvgIpc) is 2.34. The third-order valence-electron chi connectivity index (χ3n) is 4.96. The Labute approximate surface area is 113 Å². The zero-order chi connectivity index (χ0) is 14.1. The Bertz CT molecular complexity index is 368. The number of rotatable bonds is 4. The van der Waals surface area contributed by atoms with Gasteiger partial charge in [0.05, 0.1) is 11.0 Å². The van der Waals surface area contributed by atoms with Crippen LogP contribution < -0.4 is 0 Å². The van der Waals surface area contributed by atoms with Gasteiger partial charge in [-0.05, 0) is 32.1 Å². The first kappa shape index (κ1) is 14.3. The van der Waals surface area contributed by atoms with Gasteiger partial charge in [0, 0.05) is 19.5 Å². The van der Waals surface area contributed by atoms with Crippen LogP contribution in [0.4, 0.5) is 0 Å². The normalized spacial score (nSPS) is 24.6. The van der Waals surface area contributed by atoms with Crippen molar-refractivity contribution in [3.8, 4) is 0 Å². The molecular formula is C14H23NO4. The fourth-order valence-corrected chi connectivity index (χ4v) is 3.00. The van der Waals surface area contributed by atoms with Crippen LogP contribution in [0.25, 0.3) is 0 Å². The van der Waals surface area contributed by atoms with Crippen molar-refractivity contribution >= 4 is 11.9 Å². The predicted molar refractivity (Wildman–Crippen MR) is 69.6 cm³/mol. The summed E-state index contributed by atoms with van der Waals surface area (Å²) in [7, 11) is 0. The second kappa shape index (κ2) is 5.12. The van der Waals surface area contributed by atoms with Crippen molar-refractivity contribution in [2.75, 3.05) is 13.1 Å². The summed E-state index contributed by atoms with van der Waals surface area (Å²) in [5.74, 6) is -0.908. The average molecular weight is 269 g/mol. The Hall–Kier alpha value is -1.10. The molecule has 0 spiro atoms. The minimum Gasteiger partial charge on any atom is -0.481 e. The first-order valence-electron chi connectivity index (χ1n) is 7.14. The predicted octanol–water partition coefficient (Wildman–Crippen LogP) is 1.39. The highest BCUT2D eigenvalue weighted by molar-refractivity contribution is 5.85. The number of likely N-dealkylation sites (tertiary alicyclic amines) is 1. The molecule has 1 heterocycles. The SMILES string of the molecule is CCC1(O)CCN(C(=O)CC2(C(=O)O)CCC2)CC1. The number of aliphatic carboxylic acids is 1. The third kappa shape index (κ3) is 2.76. The molecule has 0 radical (unpaired) electrons. The largest absolute Gasteiger partial charge is 0.481 e. The molecule has 2 aliphatic rings. The molecule has 0 aromatic carbocycles. The zero-order valence-electron chi connectivity index (χ0n) is 11.5. The maximum atomic E-state index is 12.2. The van der Waals surface area contributed by atoms with Gasteiger partial charge in [-0.2, -0.15) is 0 Å². The molecule has 1 saturated carbocycles. The first-order valence-corrected chi connectivity index (χ1v) is 7.14. The van der Waals surface area contributed by atoms with Gasteiger partial charge >= 0.3 is 5.97 Å². The highest BCUT2D eigenvalue weighted by Gasteiger charge is 2.47. The Kier molecular flexibility index (Phi) is 3.85. The van der Waals surface area contributed by atoms with E-state index in [9.17, 15) is 19.8 Å². The van der Waals surface area contributed by atoms with Crippen LogP contribution in [0.5, 0.6) is 0 Å². The topological polar surface area (TPSA) is 77.8 Å². The van der Waals surface area contributed by atoms with Crippen molar-refractivity contribution in [3.63, 3.8) is 0 Å². The van der Waals surface area contributed by atoms with Crippen molar-refractivity contribution in [2.24, 2.45) is 5.41 Å². The summed E-state index contributed by atoms with van der Waals surface area (Å²) >= 11 is 0. The van der Waals surface area contributed by atoms with Crippen LogP contribution >= 0.6 is 0 Å². The van der Waals surface area contributed by atoms with Crippen molar-refractivity contribution < 1.29 is 19.8 Å². The number of hydrogen-bond acceptors (Lipinski definition) is 3. The number of carbonyl (C=O) groups is 2. The molecule has 1 aliphatic carbocycles. The number of piperidine rings is 1. The molecule has 2 fully saturated rings. The van der Waals surface area contributed by atoms with Crippen LogP contribution in [-0.4, -0.2) is 45.7 Å². The summed E-state index contributed by atoms with van der Waals surface area (Å²) in [6, 6.07) is 0. The van der Waals surface area contributed by atoms with Crippen LogP contribution in [0.15, 0.2) is 0 Å². The summed E-state index contributed by atoms with van der Waals surface area (Å²) in [4.78, 5) is 25.2. The van der Waals surface area contributed by atoms with Gasteiger partial charge in [0.25, 0.3) is 0 Å². The molecule has 0 atom stereocenters. The number of carboxylic acid groups (broad SMARTS) is 1. The highest BCUT2D eigenvalue weighted by atomic mass is 16.4. The van der Waals surface area contributed by atoms with Gasteiger partial charge in [-0.15, -0.1) is 0 Å². The maximum Gasteiger partial charge on any atom is 0.310 e. The smallest absolute Gasteiger partial charge is 0.310 e. The van der Waals surface area contributed by atoms with Crippen LogP contribution in [-0.2, 0) is 9.59 Å². The van der Waals surface area contributed by atoms with Crippen LogP contribution in [0.3, 0.4) is 0 Å². The molecule has 1 saturated heterocycles. The number of amides is 1. The summed E-state index contributed by atoms with van der Waals surface area (Å²) < 4.78 is 0. The van der Waals surface area contributed by atoms with Crippen molar-refractivity contribution in [1.82, 2.24) is 4.90 Å². The third-order valence-corrected chi connectivity index (χ3v) is 4.96. The molecule has 0 bridgehead atoms. The van der Waals surface area contributed by atoms with Gasteiger partial charge in [0.2, 0.25) is 5.91 Å². The lowest BCUT2D eigenvalue weighted by Crippen LogP contribution is -2.49. The zero-order valence-corrected chi connectivity index (χ0v) is 11.5.